The summed E-state index contributed by atoms with van der Waals surface area (Å²) in [4.78, 5) is 24.8. The molecule has 2 N–H and O–H groups in total. The lowest BCUT2D eigenvalue weighted by Crippen LogP contribution is -2.21. The van der Waals surface area contributed by atoms with Gasteiger partial charge in [0.15, 0.2) is 0 Å². The number of aromatic nitrogens is 4. The Morgan fingerprint density at radius 3 is 1.33 bits per heavy atom. The molecular formula is C25H26N6O2. The van der Waals surface area contributed by atoms with E-state index in [1.54, 1.807) is 0 Å². The minimum atomic E-state index is -0.286. The highest BCUT2D eigenvalue weighted by molar-refractivity contribution is 5.91. The van der Waals surface area contributed by atoms with Gasteiger partial charge in [-0.1, -0.05) is 24.3 Å². The molecule has 2 amide bonds. The number of amides is 2. The number of nitrogens with one attached hydrogen (secondary N) is 2. The molecule has 0 radical (unpaired) electrons. The van der Waals surface area contributed by atoms with Crippen molar-refractivity contribution in [3.8, 4) is 0 Å². The van der Waals surface area contributed by atoms with E-state index >= 15 is 0 Å². The molecule has 2 heterocycles. The lowest BCUT2D eigenvalue weighted by molar-refractivity contribution is 0.249. The summed E-state index contributed by atoms with van der Waals surface area (Å²) >= 11 is 0. The largest absolute Gasteiger partial charge is 0.346 e. The molecule has 4 aromatic rings. The number of hydrogen-bond acceptors (Lipinski definition) is 4. The summed E-state index contributed by atoms with van der Waals surface area (Å²) in [7, 11) is 0. The van der Waals surface area contributed by atoms with E-state index in [-0.39, 0.29) is 12.1 Å². The summed E-state index contributed by atoms with van der Waals surface area (Å²) in [6, 6.07) is 18.6. The van der Waals surface area contributed by atoms with Crippen LogP contribution in [0.2, 0.25) is 0 Å². The highest BCUT2D eigenvalue weighted by Gasteiger charge is 2.11. The van der Waals surface area contributed by atoms with Gasteiger partial charge in [0.05, 0.1) is 11.4 Å². The molecule has 0 aliphatic carbocycles. The van der Waals surface area contributed by atoms with Crippen LogP contribution >= 0.6 is 0 Å². The van der Waals surface area contributed by atoms with Crippen molar-refractivity contribution in [2.75, 3.05) is 10.6 Å². The molecule has 0 aliphatic rings. The number of benzene rings is 2. The first kappa shape index (κ1) is 22.0. The third-order valence-electron chi connectivity index (χ3n) is 5.22. The second kappa shape index (κ2) is 9.12. The number of anilines is 2. The van der Waals surface area contributed by atoms with Crippen LogP contribution in [0.15, 0.2) is 60.7 Å². The van der Waals surface area contributed by atoms with Gasteiger partial charge >= 0.3 is 12.1 Å². The zero-order valence-corrected chi connectivity index (χ0v) is 19.1. The van der Waals surface area contributed by atoms with E-state index in [9.17, 15) is 9.59 Å². The SMILES string of the molecule is Cc1cc(C)n(C(=O)Nc2ccc(Cc3ccc(NC(=O)n4nc(C)cc4C)cc3)cc2)n1. The molecule has 168 valence electrons. The van der Waals surface area contributed by atoms with E-state index in [0.717, 1.165) is 40.3 Å². The zero-order valence-electron chi connectivity index (χ0n) is 19.1. The number of carbonyl (C=O) groups is 2. The predicted octanol–water partition coefficient (Wildman–Crippen LogP) is 5.06. The molecule has 4 rings (SSSR count). The van der Waals surface area contributed by atoms with Crippen LogP contribution in [0.1, 0.15) is 33.9 Å². The fourth-order valence-electron chi connectivity index (χ4n) is 3.67. The molecule has 0 saturated heterocycles. The Kier molecular flexibility index (Phi) is 6.08. The Hall–Kier alpha value is -4.20. The number of carbonyl (C=O) groups excluding carboxylic acids is 2. The van der Waals surface area contributed by atoms with Crippen molar-refractivity contribution in [3.05, 3.63) is 94.6 Å². The van der Waals surface area contributed by atoms with Crippen molar-refractivity contribution < 1.29 is 9.59 Å². The highest BCUT2D eigenvalue weighted by atomic mass is 16.2. The predicted molar refractivity (Wildman–Crippen MR) is 128 cm³/mol. The first-order valence-electron chi connectivity index (χ1n) is 10.7. The minimum absolute atomic E-state index is 0.286. The van der Waals surface area contributed by atoms with Gasteiger partial charge in [0.25, 0.3) is 0 Å². The van der Waals surface area contributed by atoms with E-state index in [4.69, 9.17) is 0 Å². The van der Waals surface area contributed by atoms with Gasteiger partial charge in [-0.15, -0.1) is 0 Å². The quantitative estimate of drug-likeness (QED) is 0.462. The maximum absolute atomic E-state index is 12.4. The van der Waals surface area contributed by atoms with E-state index in [1.165, 1.54) is 9.36 Å². The van der Waals surface area contributed by atoms with E-state index in [2.05, 4.69) is 20.8 Å². The van der Waals surface area contributed by atoms with Crippen LogP contribution in [0.4, 0.5) is 21.0 Å². The van der Waals surface area contributed by atoms with Crippen molar-refractivity contribution in [2.45, 2.75) is 34.1 Å². The van der Waals surface area contributed by atoms with Crippen molar-refractivity contribution in [3.63, 3.8) is 0 Å². The van der Waals surface area contributed by atoms with Gasteiger partial charge < -0.3 is 10.6 Å². The van der Waals surface area contributed by atoms with Crippen LogP contribution in [-0.4, -0.2) is 31.6 Å². The van der Waals surface area contributed by atoms with Crippen LogP contribution in [0.25, 0.3) is 0 Å². The third kappa shape index (κ3) is 5.17. The van der Waals surface area contributed by atoms with Gasteiger partial charge in [-0.3, -0.25) is 0 Å². The van der Waals surface area contributed by atoms with Gasteiger partial charge in [0, 0.05) is 22.8 Å². The monoisotopic (exact) mass is 442 g/mol. The molecule has 0 atom stereocenters. The standard InChI is InChI=1S/C25H26N6O2/c1-16-13-18(3)30(28-16)24(32)26-22-9-5-20(6-10-22)15-21-7-11-23(12-8-21)27-25(33)31-19(4)14-17(2)29-31/h5-14H,15H2,1-4H3,(H,26,32)(H,27,33). The average Bonchev–Trinajstić information content (AvgIpc) is 3.30. The van der Waals surface area contributed by atoms with Crippen molar-refractivity contribution >= 4 is 23.4 Å². The number of nitrogens with zero attached hydrogens (tertiary/aromatic N) is 4. The Morgan fingerprint density at radius 2 is 1.03 bits per heavy atom. The maximum Gasteiger partial charge on any atom is 0.346 e. The molecule has 0 spiro atoms. The summed E-state index contributed by atoms with van der Waals surface area (Å²) in [5.74, 6) is 0. The molecule has 8 nitrogen and oxygen atoms in total. The lowest BCUT2D eigenvalue weighted by atomic mass is 10.0. The Labute approximate surface area is 192 Å². The fourth-order valence-corrected chi connectivity index (χ4v) is 3.67. The molecule has 33 heavy (non-hydrogen) atoms. The molecule has 2 aromatic heterocycles. The fraction of sp³-hybridized carbons (Fsp3) is 0.200. The van der Waals surface area contributed by atoms with Crippen molar-refractivity contribution in [1.82, 2.24) is 19.6 Å². The van der Waals surface area contributed by atoms with Gasteiger partial charge in [-0.05, 0) is 81.6 Å². The van der Waals surface area contributed by atoms with Crippen LogP contribution in [-0.2, 0) is 6.42 Å². The third-order valence-corrected chi connectivity index (χ3v) is 5.22. The second-order valence-electron chi connectivity index (χ2n) is 8.11. The minimum Gasteiger partial charge on any atom is -0.306 e. The second-order valence-corrected chi connectivity index (χ2v) is 8.11. The smallest absolute Gasteiger partial charge is 0.306 e. The normalized spacial score (nSPS) is 10.8. The van der Waals surface area contributed by atoms with Gasteiger partial charge in [-0.2, -0.15) is 19.6 Å². The number of aryl methyl sites for hydroxylation is 4. The zero-order chi connectivity index (χ0) is 23.5. The van der Waals surface area contributed by atoms with Crippen LogP contribution in [0.5, 0.6) is 0 Å². The molecule has 0 unspecified atom stereocenters. The first-order valence-corrected chi connectivity index (χ1v) is 10.7. The molecule has 0 bridgehead atoms. The number of hydrogen-bond donors (Lipinski definition) is 2. The highest BCUT2D eigenvalue weighted by Crippen LogP contribution is 2.17. The summed E-state index contributed by atoms with van der Waals surface area (Å²) in [6.45, 7) is 7.40. The lowest BCUT2D eigenvalue weighted by Gasteiger charge is -2.09. The summed E-state index contributed by atoms with van der Waals surface area (Å²) < 4.78 is 2.72. The summed E-state index contributed by atoms with van der Waals surface area (Å²) in [5, 5.41) is 14.1. The molecular weight excluding hydrogens is 416 g/mol. The molecule has 0 aliphatic heterocycles. The van der Waals surface area contributed by atoms with Crippen molar-refractivity contribution in [1.29, 1.82) is 0 Å². The number of rotatable bonds is 4. The molecule has 8 heteroatoms. The van der Waals surface area contributed by atoms with E-state index in [0.29, 0.717) is 11.4 Å². The van der Waals surface area contributed by atoms with Crippen molar-refractivity contribution in [2.24, 2.45) is 0 Å². The molecule has 0 fully saturated rings. The molecule has 2 aromatic carbocycles. The van der Waals surface area contributed by atoms with Crippen LogP contribution < -0.4 is 10.6 Å². The van der Waals surface area contributed by atoms with Crippen LogP contribution in [0, 0.1) is 27.7 Å². The van der Waals surface area contributed by atoms with E-state index < -0.39 is 0 Å². The van der Waals surface area contributed by atoms with Crippen LogP contribution in [0.3, 0.4) is 0 Å². The summed E-state index contributed by atoms with van der Waals surface area (Å²) in [6.07, 6.45) is 0.734. The van der Waals surface area contributed by atoms with Gasteiger partial charge in [0.2, 0.25) is 0 Å². The summed E-state index contributed by atoms with van der Waals surface area (Å²) in [5.41, 5.74) is 6.81. The maximum atomic E-state index is 12.4. The Morgan fingerprint density at radius 1 is 0.667 bits per heavy atom. The van der Waals surface area contributed by atoms with Gasteiger partial charge in [-0.25, -0.2) is 9.59 Å². The van der Waals surface area contributed by atoms with Gasteiger partial charge in [0.1, 0.15) is 0 Å². The Bertz CT molecular complexity index is 1200. The first-order chi connectivity index (χ1) is 15.8. The average molecular weight is 443 g/mol. The molecule has 0 saturated carbocycles. The topological polar surface area (TPSA) is 93.8 Å². The van der Waals surface area contributed by atoms with E-state index in [1.807, 2.05) is 88.4 Å². The Balaban J connectivity index is 1.35.